The van der Waals surface area contributed by atoms with E-state index in [4.69, 9.17) is 4.55 Å². The summed E-state index contributed by atoms with van der Waals surface area (Å²) in [6.45, 7) is 1.68. The maximum absolute atomic E-state index is 11.3. The van der Waals surface area contributed by atoms with Crippen molar-refractivity contribution in [3.05, 3.63) is 24.0 Å². The van der Waals surface area contributed by atoms with Crippen molar-refractivity contribution >= 4 is 10.1 Å². The summed E-state index contributed by atoms with van der Waals surface area (Å²) >= 11 is -6.04. The molecule has 0 aliphatic rings. The van der Waals surface area contributed by atoms with Crippen molar-refractivity contribution in [3.63, 3.8) is 0 Å². The fourth-order valence-electron chi connectivity index (χ4n) is 1.50. The summed E-state index contributed by atoms with van der Waals surface area (Å²) in [6, 6.07) is 2.40. The maximum Gasteiger partial charge on any atom is 0.439 e. The molecule has 0 saturated carbocycles. The van der Waals surface area contributed by atoms with Crippen LogP contribution in [0.4, 0.5) is 0 Å². The van der Waals surface area contributed by atoms with Gasteiger partial charge in [0.15, 0.2) is 0 Å². The van der Waals surface area contributed by atoms with Gasteiger partial charge in [0, 0.05) is 6.20 Å². The van der Waals surface area contributed by atoms with Gasteiger partial charge in [0.2, 0.25) is 0 Å². The molecular weight excluding hydrogens is 393 g/mol. The van der Waals surface area contributed by atoms with Crippen LogP contribution in [0.5, 0.6) is 5.75 Å². The number of hydrogen-bond donors (Lipinski definition) is 1. The number of pyridine rings is 1. The Balaban J connectivity index is 3.24. The van der Waals surface area contributed by atoms with Crippen molar-refractivity contribution in [1.29, 1.82) is 0 Å². The van der Waals surface area contributed by atoms with E-state index in [9.17, 15) is 18.7 Å². The molecule has 0 amide bonds. The topological polar surface area (TPSA) is 146 Å². The highest BCUT2D eigenvalue weighted by molar-refractivity contribution is 7.86. The molecule has 1 aromatic heterocycles. The van der Waals surface area contributed by atoms with Gasteiger partial charge in [-0.25, -0.2) is 10.3 Å². The molecule has 0 aliphatic heterocycles. The Morgan fingerprint density at radius 2 is 2.11 bits per heavy atom. The van der Waals surface area contributed by atoms with Crippen LogP contribution in [0.15, 0.2) is 18.3 Å². The Labute approximate surface area is 116 Å². The molecule has 1 unspecified atom stereocenters. The molecule has 0 fully saturated rings. The Hall–Kier alpha value is -0.530. The molecule has 19 heavy (non-hydrogen) atoms. The summed E-state index contributed by atoms with van der Waals surface area (Å²) in [5.41, 5.74) is -0.289. The summed E-state index contributed by atoms with van der Waals surface area (Å²) in [6.07, 6.45) is 1.63. The van der Waals surface area contributed by atoms with Gasteiger partial charge >= 0.3 is 20.1 Å². The number of nitrogens with zero attached hydrogens (tertiary/aromatic N) is 1. The number of halogens is 1. The monoisotopic (exact) mass is 405 g/mol. The first-order chi connectivity index (χ1) is 8.65. The van der Waals surface area contributed by atoms with E-state index in [0.717, 1.165) is 6.07 Å². The molecule has 1 aromatic rings. The highest BCUT2D eigenvalue weighted by Gasteiger charge is 2.36. The lowest BCUT2D eigenvalue weighted by atomic mass is 10.1. The molecule has 10 heteroatoms. The average molecular weight is 405 g/mol. The van der Waals surface area contributed by atoms with Crippen molar-refractivity contribution in [1.82, 2.24) is 4.98 Å². The van der Waals surface area contributed by atoms with Crippen LogP contribution in [-0.4, -0.2) is 18.0 Å². The summed E-state index contributed by atoms with van der Waals surface area (Å²) in [4.78, 5) is 3.70. The highest BCUT2D eigenvalue weighted by Crippen LogP contribution is 2.30. The van der Waals surface area contributed by atoms with E-state index < -0.39 is 41.2 Å². The normalized spacial score (nSPS) is 14.2. The van der Waals surface area contributed by atoms with E-state index >= 15 is 0 Å². The van der Waals surface area contributed by atoms with Crippen LogP contribution in [0.1, 0.15) is 30.7 Å². The second-order valence-electron chi connectivity index (χ2n) is 3.63. The van der Waals surface area contributed by atoms with Crippen molar-refractivity contribution in [2.75, 3.05) is 0 Å². The minimum absolute atomic E-state index is 0.0158. The summed E-state index contributed by atoms with van der Waals surface area (Å²) in [7, 11) is -4.49. The summed E-state index contributed by atoms with van der Waals surface area (Å²) in [5.74, 6) is -0.463. The average Bonchev–Trinajstić information content (AvgIpc) is 2.23. The predicted molar refractivity (Wildman–Crippen MR) is 54.1 cm³/mol. The minimum atomic E-state index is -6.04. The van der Waals surface area contributed by atoms with Gasteiger partial charge in [0.1, 0.15) is 10.9 Å². The van der Waals surface area contributed by atoms with Crippen LogP contribution in [0.3, 0.4) is 0 Å². The van der Waals surface area contributed by atoms with Crippen LogP contribution >= 0.6 is 0 Å². The van der Waals surface area contributed by atoms with Gasteiger partial charge in [0.25, 0.3) is 15.9 Å². The Morgan fingerprint density at radius 3 is 2.58 bits per heavy atom. The molecule has 0 spiro atoms. The zero-order valence-electron chi connectivity index (χ0n) is 9.85. The predicted octanol–water partition coefficient (Wildman–Crippen LogP) is -4.91. The largest absolute Gasteiger partial charge is 0.439 e. The summed E-state index contributed by atoms with van der Waals surface area (Å²) < 4.78 is 67.9. The third-order valence-electron chi connectivity index (χ3n) is 2.19. The zero-order valence-corrected chi connectivity index (χ0v) is 12.8. The minimum Gasteiger partial charge on any atom is -0.285 e. The molecule has 0 bridgehead atoms. The second kappa shape index (κ2) is 6.28. The van der Waals surface area contributed by atoms with Gasteiger partial charge in [-0.05, 0) is 18.6 Å². The van der Waals surface area contributed by atoms with Crippen LogP contribution in [0.25, 0.3) is 0 Å². The van der Waals surface area contributed by atoms with Gasteiger partial charge in [-0.15, -0.1) is 0 Å². The molecule has 0 aliphatic carbocycles. The molecule has 108 valence electrons. The quantitative estimate of drug-likeness (QED) is 0.366. The third-order valence-corrected chi connectivity index (χ3v) is 4.38. The number of hydrogen-bond acceptors (Lipinski definition) is 7. The highest BCUT2D eigenvalue weighted by atomic mass is 127. The lowest BCUT2D eigenvalue weighted by Crippen LogP contribution is -4.25. The van der Waals surface area contributed by atoms with Gasteiger partial charge in [-0.2, -0.15) is 8.42 Å². The Morgan fingerprint density at radius 1 is 1.47 bits per heavy atom. The molecule has 1 rings (SSSR count). The fraction of sp³-hybridized carbons (Fsp3) is 0.444. The van der Waals surface area contributed by atoms with Gasteiger partial charge in [-0.1, -0.05) is 16.4 Å². The molecular formula is C9H12INO7S. The molecule has 1 atom stereocenters. The Bertz CT molecular complexity index is 528. The molecule has 0 aromatic carbocycles. The van der Waals surface area contributed by atoms with E-state index in [1.165, 1.54) is 12.3 Å². The van der Waals surface area contributed by atoms with Crippen molar-refractivity contribution < 1.29 is 46.4 Å². The van der Waals surface area contributed by atoms with E-state index in [0.29, 0.717) is 6.42 Å². The first kappa shape index (κ1) is 16.5. The zero-order chi connectivity index (χ0) is 14.7. The summed E-state index contributed by atoms with van der Waals surface area (Å²) in [5, 5.41) is -1.43. The molecule has 0 saturated heterocycles. The molecule has 1 heterocycles. The first-order valence-corrected chi connectivity index (χ1v) is 10.2. The lowest BCUT2D eigenvalue weighted by molar-refractivity contribution is -1.91. The van der Waals surface area contributed by atoms with Crippen LogP contribution in [0, 0.1) is 0 Å². The van der Waals surface area contributed by atoms with Crippen molar-refractivity contribution in [2.24, 2.45) is 0 Å². The van der Waals surface area contributed by atoms with E-state index in [1.54, 1.807) is 6.92 Å². The SMILES string of the molecule is CCCC(c1ncccc1O[I+3]([O-])([O-])[O-])S(=O)(=O)O. The van der Waals surface area contributed by atoms with Crippen molar-refractivity contribution in [3.8, 4) is 5.75 Å². The Kier molecular flexibility index (Phi) is 5.46. The van der Waals surface area contributed by atoms with E-state index in [2.05, 4.69) is 8.05 Å². The van der Waals surface area contributed by atoms with Crippen molar-refractivity contribution in [2.45, 2.75) is 25.0 Å². The van der Waals surface area contributed by atoms with Gasteiger partial charge in [0.05, 0.1) is 0 Å². The van der Waals surface area contributed by atoms with Gasteiger partial charge in [-0.3, -0.25) is 9.54 Å². The van der Waals surface area contributed by atoms with E-state index in [1.807, 2.05) is 0 Å². The standard InChI is InChI=1S/C9H12INO7S/c1-2-4-8(19(15,16)17)9-7(5-3-6-11-9)18-10(12,13)14/h3,5-6,8H,2,4H2,1H3,(H,15,16,17). The van der Waals surface area contributed by atoms with Crippen LogP contribution < -0.4 is 33.5 Å². The first-order valence-electron chi connectivity index (χ1n) is 5.16. The fourth-order valence-corrected chi connectivity index (χ4v) is 3.45. The van der Waals surface area contributed by atoms with Crippen LogP contribution in [-0.2, 0) is 10.1 Å². The van der Waals surface area contributed by atoms with Crippen LogP contribution in [0.2, 0.25) is 0 Å². The molecule has 1 N–H and O–H groups in total. The lowest BCUT2D eigenvalue weighted by Gasteiger charge is -2.14. The number of aromatic nitrogens is 1. The maximum atomic E-state index is 11.3. The molecule has 0 radical (unpaired) electrons. The molecule has 8 nitrogen and oxygen atoms in total. The smallest absolute Gasteiger partial charge is 0.285 e. The van der Waals surface area contributed by atoms with Gasteiger partial charge < -0.3 is 0 Å². The second-order valence-corrected chi connectivity index (χ2v) is 7.83. The number of rotatable bonds is 6. The third kappa shape index (κ3) is 5.16. The van der Waals surface area contributed by atoms with E-state index in [-0.39, 0.29) is 12.1 Å².